The molecule has 21 heavy (non-hydrogen) atoms. The predicted molar refractivity (Wildman–Crippen MR) is 70.9 cm³/mol. The summed E-state index contributed by atoms with van der Waals surface area (Å²) in [5.41, 5.74) is 0.218. The van der Waals surface area contributed by atoms with Crippen LogP contribution in [0.2, 0.25) is 0 Å². The van der Waals surface area contributed by atoms with Crippen molar-refractivity contribution in [1.29, 1.82) is 0 Å². The molecule has 0 aromatic heterocycles. The second-order valence-electron chi connectivity index (χ2n) is 4.36. The molecular formula is C13H13FO6Se. The van der Waals surface area contributed by atoms with Crippen LogP contribution in [-0.4, -0.2) is 57.2 Å². The Hall–Kier alpha value is -1.63. The number of hydrogen-bond donors (Lipinski definition) is 2. The summed E-state index contributed by atoms with van der Waals surface area (Å²) in [5.74, 6) is -1.88. The van der Waals surface area contributed by atoms with Gasteiger partial charge in [-0.1, -0.05) is 0 Å². The molecule has 0 amide bonds. The molecule has 2 atom stereocenters. The minimum absolute atomic E-state index is 0.218. The third kappa shape index (κ3) is 2.74. The molecule has 0 spiro atoms. The van der Waals surface area contributed by atoms with E-state index in [4.69, 9.17) is 14.6 Å². The van der Waals surface area contributed by atoms with E-state index in [0.29, 0.717) is 10.2 Å². The van der Waals surface area contributed by atoms with Crippen molar-refractivity contribution in [2.75, 3.05) is 14.2 Å². The number of aliphatic hydroxyl groups is 1. The zero-order chi connectivity index (χ0) is 15.7. The molecule has 0 bridgehead atoms. The van der Waals surface area contributed by atoms with Crippen LogP contribution < -0.4 is 13.9 Å². The number of carbonyl (C=O) groups excluding carboxylic acids is 1. The molecule has 0 saturated heterocycles. The van der Waals surface area contributed by atoms with Crippen molar-refractivity contribution >= 4 is 31.2 Å². The Morgan fingerprint density at radius 2 is 2.10 bits per heavy atom. The number of halogens is 1. The number of carbonyl (C=O) groups is 2. The molecule has 0 fully saturated rings. The molecule has 8 heteroatoms. The number of carboxylic acid groups (broad SMARTS) is 1. The quantitative estimate of drug-likeness (QED) is 0.671. The summed E-state index contributed by atoms with van der Waals surface area (Å²) in [6.07, 6.45) is -2.30. The summed E-state index contributed by atoms with van der Waals surface area (Å²) >= 11 is -0.384. The molecule has 1 aromatic rings. The zero-order valence-electron chi connectivity index (χ0n) is 11.3. The van der Waals surface area contributed by atoms with Gasteiger partial charge in [0.2, 0.25) is 0 Å². The van der Waals surface area contributed by atoms with Crippen molar-refractivity contribution in [2.45, 2.75) is 17.3 Å². The molecule has 0 radical (unpaired) electrons. The number of hydrogen-bond acceptors (Lipinski definition) is 5. The monoisotopic (exact) mass is 364 g/mol. The fraction of sp³-hybridized carbons (Fsp3) is 0.385. The molecule has 2 rings (SSSR count). The van der Waals surface area contributed by atoms with Gasteiger partial charge in [0.15, 0.2) is 0 Å². The number of ether oxygens (including phenoxy) is 2. The number of aliphatic carboxylic acids is 1. The minimum atomic E-state index is -1.76. The number of rotatable bonds is 6. The molecule has 2 unspecified atom stereocenters. The average molecular weight is 363 g/mol. The number of Topliss-reactive ketones (excluding diaryl/α,β-unsaturated/α-hetero) is 1. The van der Waals surface area contributed by atoms with Gasteiger partial charge in [-0.2, -0.15) is 0 Å². The molecular weight excluding hydrogens is 350 g/mol. The molecule has 1 heterocycles. The topological polar surface area (TPSA) is 93.1 Å². The maximum atomic E-state index is 14.0. The van der Waals surface area contributed by atoms with Crippen molar-refractivity contribution in [3.63, 3.8) is 0 Å². The normalized spacial score (nSPS) is 17.4. The number of methoxy groups -OCH3 is 2. The molecule has 0 aliphatic carbocycles. The number of ketones is 1. The van der Waals surface area contributed by atoms with Gasteiger partial charge in [-0.15, -0.1) is 0 Å². The number of carboxylic acids is 1. The van der Waals surface area contributed by atoms with Crippen molar-refractivity contribution in [3.8, 4) is 11.5 Å². The van der Waals surface area contributed by atoms with Gasteiger partial charge < -0.3 is 0 Å². The van der Waals surface area contributed by atoms with Crippen LogP contribution in [0.4, 0.5) is 4.39 Å². The Morgan fingerprint density at radius 1 is 1.43 bits per heavy atom. The van der Waals surface area contributed by atoms with Gasteiger partial charge in [-0.3, -0.25) is 0 Å². The SMILES string of the molecule is COc1cc(F)c2c(c1OC)[Se]C2C(=O)CC(O)C(=O)O. The number of benzene rings is 1. The summed E-state index contributed by atoms with van der Waals surface area (Å²) < 4.78 is 24.8. The van der Waals surface area contributed by atoms with Crippen molar-refractivity contribution in [3.05, 3.63) is 17.4 Å². The second kappa shape index (κ2) is 6.01. The molecule has 6 nitrogen and oxygen atoms in total. The van der Waals surface area contributed by atoms with Crippen LogP contribution in [0.3, 0.4) is 0 Å². The Morgan fingerprint density at radius 3 is 2.62 bits per heavy atom. The van der Waals surface area contributed by atoms with E-state index in [0.717, 1.165) is 6.07 Å². The summed E-state index contributed by atoms with van der Waals surface area (Å²) in [6, 6.07) is 1.14. The Bertz CT molecular complexity index is 603. The van der Waals surface area contributed by atoms with Crippen LogP contribution in [0.25, 0.3) is 0 Å². The standard InChI is InChI=1S/C13H13FO6Se/c1-19-8-3-5(14)9-11(21-12(9)10(8)20-2)6(15)4-7(16)13(17)18/h3,7,11,16H,4H2,1-2H3,(H,17,18). The van der Waals surface area contributed by atoms with Gasteiger partial charge >= 0.3 is 125 Å². The number of fused-ring (bicyclic) bond motifs is 1. The Kier molecular flexibility index (Phi) is 4.51. The van der Waals surface area contributed by atoms with E-state index in [1.54, 1.807) is 0 Å². The van der Waals surface area contributed by atoms with E-state index >= 15 is 0 Å². The van der Waals surface area contributed by atoms with Crippen LogP contribution in [0.15, 0.2) is 6.07 Å². The Labute approximate surface area is 126 Å². The van der Waals surface area contributed by atoms with Crippen molar-refractivity contribution < 1.29 is 33.7 Å². The second-order valence-corrected chi connectivity index (χ2v) is 6.70. The first-order valence-corrected chi connectivity index (χ1v) is 7.79. The van der Waals surface area contributed by atoms with Gasteiger partial charge in [0.25, 0.3) is 0 Å². The summed E-state index contributed by atoms with van der Waals surface area (Å²) in [4.78, 5) is 21.8. The third-order valence-corrected chi connectivity index (χ3v) is 5.97. The van der Waals surface area contributed by atoms with E-state index < -0.39 is 34.9 Å². The van der Waals surface area contributed by atoms with Crippen LogP contribution >= 0.6 is 0 Å². The summed E-state index contributed by atoms with van der Waals surface area (Å²) in [5, 5.41) is 17.8. The first-order valence-electron chi connectivity index (χ1n) is 5.95. The van der Waals surface area contributed by atoms with Crippen LogP contribution in [-0.2, 0) is 9.59 Å². The van der Waals surface area contributed by atoms with Crippen LogP contribution in [0.5, 0.6) is 11.5 Å². The molecule has 1 aromatic carbocycles. The molecule has 1 aliphatic heterocycles. The van der Waals surface area contributed by atoms with E-state index in [2.05, 4.69) is 0 Å². The van der Waals surface area contributed by atoms with Gasteiger partial charge in [0, 0.05) is 0 Å². The fourth-order valence-electron chi connectivity index (χ4n) is 2.04. The molecule has 0 saturated carbocycles. The van der Waals surface area contributed by atoms with Gasteiger partial charge in [0.1, 0.15) is 0 Å². The van der Waals surface area contributed by atoms with E-state index in [1.165, 1.54) is 14.2 Å². The first-order chi connectivity index (χ1) is 9.90. The molecule has 114 valence electrons. The number of aliphatic hydroxyl groups excluding tert-OH is 1. The van der Waals surface area contributed by atoms with Crippen molar-refractivity contribution in [1.82, 2.24) is 0 Å². The molecule has 2 N–H and O–H groups in total. The van der Waals surface area contributed by atoms with Gasteiger partial charge in [0.05, 0.1) is 0 Å². The van der Waals surface area contributed by atoms with E-state index in [9.17, 15) is 19.1 Å². The first kappa shape index (κ1) is 15.8. The van der Waals surface area contributed by atoms with Crippen molar-refractivity contribution in [2.24, 2.45) is 0 Å². The summed E-state index contributed by atoms with van der Waals surface area (Å²) in [6.45, 7) is 0. The van der Waals surface area contributed by atoms with Crippen LogP contribution in [0.1, 0.15) is 16.8 Å². The van der Waals surface area contributed by atoms with Gasteiger partial charge in [-0.05, 0) is 0 Å². The predicted octanol–water partition coefficient (Wildman–Crippen LogP) is -0.368. The van der Waals surface area contributed by atoms with Crippen LogP contribution in [0, 0.1) is 5.82 Å². The van der Waals surface area contributed by atoms with E-state index in [-0.39, 0.29) is 26.3 Å². The maximum absolute atomic E-state index is 14.0. The average Bonchev–Trinajstić information content (AvgIpc) is 2.39. The zero-order valence-corrected chi connectivity index (χ0v) is 13.0. The Balaban J connectivity index is 2.27. The third-order valence-electron chi connectivity index (χ3n) is 3.08. The van der Waals surface area contributed by atoms with E-state index in [1.807, 2.05) is 0 Å². The summed E-state index contributed by atoms with van der Waals surface area (Å²) in [7, 11) is 2.82. The fourth-order valence-corrected chi connectivity index (χ4v) is 4.68. The van der Waals surface area contributed by atoms with Gasteiger partial charge in [-0.25, -0.2) is 0 Å². The molecule has 1 aliphatic rings.